The molecule has 4 heteroatoms. The first-order valence-electron chi connectivity index (χ1n) is 8.94. The average molecular weight is 318 g/mol. The maximum absolute atomic E-state index is 12.9. The molecule has 0 radical (unpaired) electrons. The number of ether oxygens (including phenoxy) is 1. The third-order valence-corrected chi connectivity index (χ3v) is 4.57. The molecule has 0 bridgehead atoms. The van der Waals surface area contributed by atoms with Crippen LogP contribution in [0.1, 0.15) is 52.5 Å². The number of nitrogens with zero attached hydrogens (tertiary/aromatic N) is 1. The highest BCUT2D eigenvalue weighted by Gasteiger charge is 2.27. The minimum atomic E-state index is -0.0698. The topological polar surface area (TPSA) is 41.6 Å². The maximum Gasteiger partial charge on any atom is 0.241 e. The fourth-order valence-electron chi connectivity index (χ4n) is 3.29. The predicted molar refractivity (Wildman–Crippen MR) is 95.1 cm³/mol. The highest BCUT2D eigenvalue weighted by molar-refractivity contribution is 5.96. The van der Waals surface area contributed by atoms with Gasteiger partial charge in [-0.05, 0) is 38.1 Å². The number of hydrogen-bond donors (Lipinski definition) is 1. The minimum Gasteiger partial charge on any atom is -0.488 e. The molecule has 2 atom stereocenters. The number of carbonyl (C=O) groups is 1. The molecule has 1 aromatic rings. The number of para-hydroxylation sites is 1. The van der Waals surface area contributed by atoms with Crippen LogP contribution in [0.15, 0.2) is 18.2 Å². The van der Waals surface area contributed by atoms with Gasteiger partial charge in [-0.15, -0.1) is 0 Å². The van der Waals surface area contributed by atoms with Crippen LogP contribution in [0.25, 0.3) is 0 Å². The van der Waals surface area contributed by atoms with Crippen LogP contribution in [0.4, 0.5) is 5.69 Å². The van der Waals surface area contributed by atoms with Crippen molar-refractivity contribution >= 4 is 11.6 Å². The lowest BCUT2D eigenvalue weighted by Gasteiger charge is -2.28. The Balaban J connectivity index is 2.14. The van der Waals surface area contributed by atoms with E-state index in [4.69, 9.17) is 4.74 Å². The summed E-state index contributed by atoms with van der Waals surface area (Å²) in [6, 6.07) is 5.94. The first-order chi connectivity index (χ1) is 11.1. The van der Waals surface area contributed by atoms with Gasteiger partial charge in [0.05, 0.1) is 11.7 Å². The third kappa shape index (κ3) is 4.25. The molecule has 1 aliphatic rings. The van der Waals surface area contributed by atoms with Crippen molar-refractivity contribution in [2.45, 2.75) is 65.5 Å². The zero-order valence-corrected chi connectivity index (χ0v) is 14.9. The van der Waals surface area contributed by atoms with E-state index in [0.717, 1.165) is 50.2 Å². The molecule has 0 spiro atoms. The van der Waals surface area contributed by atoms with Crippen molar-refractivity contribution in [2.24, 2.45) is 0 Å². The van der Waals surface area contributed by atoms with Crippen LogP contribution in [0, 0.1) is 0 Å². The Morgan fingerprint density at radius 3 is 2.74 bits per heavy atom. The molecule has 0 aliphatic carbocycles. The number of carbonyl (C=O) groups excluding carboxylic acids is 1. The van der Waals surface area contributed by atoms with Crippen LogP contribution >= 0.6 is 0 Å². The fraction of sp³-hybridized carbons (Fsp3) is 0.632. The number of anilines is 1. The highest BCUT2D eigenvalue weighted by Crippen LogP contribution is 2.36. The van der Waals surface area contributed by atoms with Gasteiger partial charge in [0, 0.05) is 6.42 Å². The lowest BCUT2D eigenvalue weighted by molar-refractivity contribution is -0.121. The van der Waals surface area contributed by atoms with E-state index in [1.165, 1.54) is 5.56 Å². The molecule has 1 aliphatic heterocycles. The quantitative estimate of drug-likeness (QED) is 0.791. The van der Waals surface area contributed by atoms with Crippen LogP contribution in [0.5, 0.6) is 5.75 Å². The molecule has 1 aromatic carbocycles. The van der Waals surface area contributed by atoms with Gasteiger partial charge in [-0.1, -0.05) is 45.7 Å². The highest BCUT2D eigenvalue weighted by atomic mass is 16.5. The maximum atomic E-state index is 12.9. The Labute approximate surface area is 140 Å². The Hall–Kier alpha value is -1.55. The van der Waals surface area contributed by atoms with Crippen molar-refractivity contribution in [2.75, 3.05) is 18.4 Å². The third-order valence-electron chi connectivity index (χ3n) is 4.57. The molecule has 128 valence electrons. The van der Waals surface area contributed by atoms with Crippen LogP contribution in [-0.4, -0.2) is 36.0 Å². The summed E-state index contributed by atoms with van der Waals surface area (Å²) < 4.78 is 5.88. The molecule has 0 aromatic heterocycles. The Kier molecular flexibility index (Phi) is 6.46. The van der Waals surface area contributed by atoms with E-state index in [2.05, 4.69) is 44.0 Å². The Morgan fingerprint density at radius 2 is 2.09 bits per heavy atom. The van der Waals surface area contributed by atoms with Gasteiger partial charge < -0.3 is 10.1 Å². The van der Waals surface area contributed by atoms with Gasteiger partial charge in [-0.2, -0.15) is 0 Å². The van der Waals surface area contributed by atoms with Crippen LogP contribution in [0.3, 0.4) is 0 Å². The molecule has 0 saturated heterocycles. The molecule has 1 amide bonds. The predicted octanol–water partition coefficient (Wildman–Crippen LogP) is 3.85. The first-order valence-corrected chi connectivity index (χ1v) is 8.94. The second-order valence-electron chi connectivity index (χ2n) is 6.29. The van der Waals surface area contributed by atoms with E-state index in [9.17, 15) is 4.79 Å². The van der Waals surface area contributed by atoms with Gasteiger partial charge in [0.1, 0.15) is 11.9 Å². The summed E-state index contributed by atoms with van der Waals surface area (Å²) in [7, 11) is 0. The summed E-state index contributed by atoms with van der Waals surface area (Å²) in [4.78, 5) is 15.1. The summed E-state index contributed by atoms with van der Waals surface area (Å²) in [5.74, 6) is 0.931. The molecule has 2 unspecified atom stereocenters. The average Bonchev–Trinajstić information content (AvgIpc) is 2.92. The number of unbranched alkanes of at least 4 members (excludes halogenated alkanes) is 1. The van der Waals surface area contributed by atoms with Crippen molar-refractivity contribution in [1.82, 2.24) is 4.90 Å². The Bertz CT molecular complexity index is 526. The number of fused-ring (bicyclic) bond motifs is 1. The monoisotopic (exact) mass is 318 g/mol. The van der Waals surface area contributed by atoms with E-state index in [1.54, 1.807) is 0 Å². The van der Waals surface area contributed by atoms with Crippen molar-refractivity contribution in [1.29, 1.82) is 0 Å². The summed E-state index contributed by atoms with van der Waals surface area (Å²) in [5, 5.41) is 3.12. The standard InChI is InChI=1S/C19H30N2O2/c1-5-8-12-17(21(6-2)7-3)19(22)20-16-11-9-10-15-13-14(4)23-18(15)16/h9-11,14,17H,5-8,12-13H2,1-4H3,(H,20,22). The largest absolute Gasteiger partial charge is 0.488 e. The number of nitrogens with one attached hydrogen (secondary N) is 1. The Morgan fingerprint density at radius 1 is 1.35 bits per heavy atom. The molecule has 1 N–H and O–H groups in total. The van der Waals surface area contributed by atoms with Crippen LogP contribution < -0.4 is 10.1 Å². The van der Waals surface area contributed by atoms with Crippen molar-refractivity contribution in [3.05, 3.63) is 23.8 Å². The summed E-state index contributed by atoms with van der Waals surface area (Å²) in [5.41, 5.74) is 1.99. The molecule has 2 rings (SSSR count). The molecule has 1 heterocycles. The fourth-order valence-corrected chi connectivity index (χ4v) is 3.29. The number of amides is 1. The lowest BCUT2D eigenvalue weighted by atomic mass is 10.1. The van der Waals surface area contributed by atoms with Gasteiger partial charge in [0.2, 0.25) is 5.91 Å². The van der Waals surface area contributed by atoms with E-state index >= 15 is 0 Å². The molecule has 23 heavy (non-hydrogen) atoms. The van der Waals surface area contributed by atoms with Crippen LogP contribution in [0.2, 0.25) is 0 Å². The van der Waals surface area contributed by atoms with Gasteiger partial charge in [-0.25, -0.2) is 0 Å². The molecule has 0 saturated carbocycles. The number of likely N-dealkylation sites (N-methyl/N-ethyl adjacent to an activating group) is 1. The summed E-state index contributed by atoms with van der Waals surface area (Å²) >= 11 is 0. The van der Waals surface area contributed by atoms with Crippen molar-refractivity contribution in [3.63, 3.8) is 0 Å². The van der Waals surface area contributed by atoms with Gasteiger partial charge in [0.15, 0.2) is 0 Å². The molecule has 4 nitrogen and oxygen atoms in total. The summed E-state index contributed by atoms with van der Waals surface area (Å²) in [6.45, 7) is 10.2. The normalized spacial score (nSPS) is 17.7. The second kappa shape index (κ2) is 8.34. The van der Waals surface area contributed by atoms with Gasteiger partial charge >= 0.3 is 0 Å². The number of rotatable bonds is 8. The minimum absolute atomic E-state index is 0.0698. The van der Waals surface area contributed by atoms with Crippen molar-refractivity contribution in [3.8, 4) is 5.75 Å². The van der Waals surface area contributed by atoms with Crippen molar-refractivity contribution < 1.29 is 9.53 Å². The SMILES string of the molecule is CCCCC(C(=O)Nc1cccc2c1OC(C)C2)N(CC)CC. The second-order valence-corrected chi connectivity index (χ2v) is 6.29. The van der Waals surface area contributed by atoms with Gasteiger partial charge in [-0.3, -0.25) is 9.69 Å². The van der Waals surface area contributed by atoms with E-state index < -0.39 is 0 Å². The summed E-state index contributed by atoms with van der Waals surface area (Å²) in [6.07, 6.45) is 4.16. The zero-order valence-electron chi connectivity index (χ0n) is 14.9. The van der Waals surface area contributed by atoms with E-state index in [1.807, 2.05) is 12.1 Å². The molecular weight excluding hydrogens is 288 g/mol. The van der Waals surface area contributed by atoms with Gasteiger partial charge in [0.25, 0.3) is 0 Å². The van der Waals surface area contributed by atoms with E-state index in [0.29, 0.717) is 0 Å². The lowest BCUT2D eigenvalue weighted by Crippen LogP contribution is -2.44. The zero-order chi connectivity index (χ0) is 16.8. The molecule has 0 fully saturated rings. The van der Waals surface area contributed by atoms with E-state index in [-0.39, 0.29) is 18.1 Å². The molecular formula is C19H30N2O2. The first kappa shape index (κ1) is 17.8. The number of benzene rings is 1. The van der Waals surface area contributed by atoms with Crippen LogP contribution in [-0.2, 0) is 11.2 Å². The number of hydrogen-bond acceptors (Lipinski definition) is 3. The smallest absolute Gasteiger partial charge is 0.241 e.